The van der Waals surface area contributed by atoms with Crippen LogP contribution >= 0.6 is 0 Å². The van der Waals surface area contributed by atoms with Crippen LogP contribution in [0.2, 0.25) is 0 Å². The van der Waals surface area contributed by atoms with Crippen LogP contribution in [-0.4, -0.2) is 75.9 Å². The molecule has 0 unspecified atom stereocenters. The van der Waals surface area contributed by atoms with Gasteiger partial charge in [-0.1, -0.05) is 6.92 Å². The Kier molecular flexibility index (Phi) is 5.61. The molecule has 0 aliphatic carbocycles. The minimum Gasteiger partial charge on any atom is -0.355 e. The monoisotopic (exact) mass is 388 g/mol. The first-order valence-corrected chi connectivity index (χ1v) is 10.1. The van der Waals surface area contributed by atoms with Crippen molar-refractivity contribution in [1.29, 1.82) is 0 Å². The molecule has 0 radical (unpaired) electrons. The van der Waals surface area contributed by atoms with E-state index in [0.717, 1.165) is 43.0 Å². The predicted octanol–water partition coefficient (Wildman–Crippen LogP) is 1.10. The number of nitrogens with two attached hydrogens (primary N) is 1. The Hall–Kier alpha value is -2.22. The molecule has 8 heteroatoms. The second kappa shape index (κ2) is 7.66. The number of piperazine rings is 1. The number of amides is 2. The molecule has 0 aromatic carbocycles. The van der Waals surface area contributed by atoms with Gasteiger partial charge in [-0.3, -0.25) is 9.59 Å². The molecule has 1 aromatic heterocycles. The van der Waals surface area contributed by atoms with Crippen molar-refractivity contribution in [1.82, 2.24) is 19.8 Å². The smallest absolute Gasteiger partial charge is 0.292 e. The third-order valence-corrected chi connectivity index (χ3v) is 5.90. The molecule has 2 saturated heterocycles. The minimum atomic E-state index is -0.914. The Bertz CT molecular complexity index is 778. The van der Waals surface area contributed by atoms with Crippen molar-refractivity contribution in [3.63, 3.8) is 0 Å². The van der Waals surface area contributed by atoms with Gasteiger partial charge in [-0.25, -0.2) is 9.97 Å². The van der Waals surface area contributed by atoms with Crippen LogP contribution < -0.4 is 10.6 Å². The van der Waals surface area contributed by atoms with E-state index in [2.05, 4.69) is 14.9 Å². The highest BCUT2D eigenvalue weighted by Crippen LogP contribution is 2.27. The zero-order chi connectivity index (χ0) is 20.6. The summed E-state index contributed by atoms with van der Waals surface area (Å²) in [6, 6.07) is 0.122. The summed E-state index contributed by atoms with van der Waals surface area (Å²) in [6.45, 7) is 12.8. The summed E-state index contributed by atoms with van der Waals surface area (Å²) in [4.78, 5) is 40.8. The number of aryl methyl sites for hydroxylation is 1. The molecule has 2 aliphatic rings. The van der Waals surface area contributed by atoms with Crippen LogP contribution in [0.3, 0.4) is 0 Å². The van der Waals surface area contributed by atoms with Crippen molar-refractivity contribution in [2.75, 3.05) is 37.6 Å². The molecule has 3 heterocycles. The van der Waals surface area contributed by atoms with E-state index in [9.17, 15) is 9.59 Å². The fourth-order valence-electron chi connectivity index (χ4n) is 4.06. The molecular formula is C20H32N6O2. The normalized spacial score (nSPS) is 22.1. The number of hydrogen-bond donors (Lipinski definition) is 1. The highest BCUT2D eigenvalue weighted by molar-refractivity contribution is 5.97. The van der Waals surface area contributed by atoms with E-state index in [0.29, 0.717) is 19.6 Å². The van der Waals surface area contributed by atoms with Gasteiger partial charge in [0.05, 0.1) is 0 Å². The topological polar surface area (TPSA) is 95.7 Å². The van der Waals surface area contributed by atoms with Crippen LogP contribution in [0.15, 0.2) is 0 Å². The van der Waals surface area contributed by atoms with Gasteiger partial charge in [0.15, 0.2) is 0 Å². The number of rotatable bonds is 4. The first-order valence-electron chi connectivity index (χ1n) is 10.1. The maximum Gasteiger partial charge on any atom is 0.292 e. The molecule has 8 nitrogen and oxygen atoms in total. The Morgan fingerprint density at radius 1 is 1.21 bits per heavy atom. The first kappa shape index (κ1) is 20.5. The third-order valence-electron chi connectivity index (χ3n) is 5.90. The van der Waals surface area contributed by atoms with Gasteiger partial charge in [-0.15, -0.1) is 0 Å². The molecule has 0 saturated carbocycles. The van der Waals surface area contributed by atoms with Gasteiger partial charge >= 0.3 is 0 Å². The van der Waals surface area contributed by atoms with Crippen LogP contribution in [-0.2, 0) is 4.79 Å². The van der Waals surface area contributed by atoms with Crippen molar-refractivity contribution in [2.24, 2.45) is 5.73 Å². The zero-order valence-corrected chi connectivity index (χ0v) is 17.7. The lowest BCUT2D eigenvalue weighted by atomic mass is 9.97. The predicted molar refractivity (Wildman–Crippen MR) is 108 cm³/mol. The average Bonchev–Trinajstić information content (AvgIpc) is 3.07. The SMILES string of the molecule is CCCN1CCN(C(=O)c2nc(C)c(C)c(N3CC[C@@H](N)C3)n2)C(C)(C)C1=O. The van der Waals surface area contributed by atoms with Gasteiger partial charge in [0, 0.05) is 50.0 Å². The Morgan fingerprint density at radius 2 is 1.93 bits per heavy atom. The summed E-state index contributed by atoms with van der Waals surface area (Å²) >= 11 is 0. The van der Waals surface area contributed by atoms with Gasteiger partial charge in [0.25, 0.3) is 5.91 Å². The maximum atomic E-state index is 13.3. The van der Waals surface area contributed by atoms with Crippen molar-refractivity contribution in [3.8, 4) is 0 Å². The maximum absolute atomic E-state index is 13.3. The van der Waals surface area contributed by atoms with Crippen LogP contribution in [0.25, 0.3) is 0 Å². The second-order valence-corrected chi connectivity index (χ2v) is 8.38. The first-order chi connectivity index (χ1) is 13.2. The van der Waals surface area contributed by atoms with Gasteiger partial charge < -0.3 is 20.4 Å². The summed E-state index contributed by atoms with van der Waals surface area (Å²) < 4.78 is 0. The van der Waals surface area contributed by atoms with Crippen molar-refractivity contribution < 1.29 is 9.59 Å². The number of nitrogens with zero attached hydrogens (tertiary/aromatic N) is 5. The molecule has 28 heavy (non-hydrogen) atoms. The molecule has 154 valence electrons. The Balaban J connectivity index is 1.90. The molecule has 2 aliphatic heterocycles. The highest BCUT2D eigenvalue weighted by atomic mass is 16.2. The molecular weight excluding hydrogens is 356 g/mol. The zero-order valence-electron chi connectivity index (χ0n) is 17.7. The number of hydrogen-bond acceptors (Lipinski definition) is 6. The fourth-order valence-corrected chi connectivity index (χ4v) is 4.06. The number of carbonyl (C=O) groups is 2. The van der Waals surface area contributed by atoms with E-state index in [4.69, 9.17) is 5.73 Å². The Labute approximate surface area is 167 Å². The molecule has 2 fully saturated rings. The molecule has 2 amide bonds. The van der Waals surface area contributed by atoms with E-state index >= 15 is 0 Å². The highest BCUT2D eigenvalue weighted by Gasteiger charge is 2.45. The summed E-state index contributed by atoms with van der Waals surface area (Å²) in [5, 5.41) is 0. The summed E-state index contributed by atoms with van der Waals surface area (Å²) in [5.74, 6) is 0.617. The van der Waals surface area contributed by atoms with E-state index in [1.54, 1.807) is 18.7 Å². The van der Waals surface area contributed by atoms with Gasteiger partial charge in [0.2, 0.25) is 11.7 Å². The van der Waals surface area contributed by atoms with Crippen LogP contribution in [0.1, 0.15) is 55.5 Å². The largest absolute Gasteiger partial charge is 0.355 e. The van der Waals surface area contributed by atoms with Crippen molar-refractivity contribution in [3.05, 3.63) is 17.1 Å². The quantitative estimate of drug-likeness (QED) is 0.830. The van der Waals surface area contributed by atoms with Crippen LogP contribution in [0.5, 0.6) is 0 Å². The van der Waals surface area contributed by atoms with Crippen molar-refractivity contribution >= 4 is 17.6 Å². The third kappa shape index (κ3) is 3.57. The number of aromatic nitrogens is 2. The Morgan fingerprint density at radius 3 is 2.54 bits per heavy atom. The van der Waals surface area contributed by atoms with E-state index in [1.165, 1.54) is 0 Å². The molecule has 0 bridgehead atoms. The van der Waals surface area contributed by atoms with E-state index in [1.807, 2.05) is 25.7 Å². The number of carbonyl (C=O) groups excluding carboxylic acids is 2. The average molecular weight is 389 g/mol. The summed E-state index contributed by atoms with van der Waals surface area (Å²) in [6.07, 6.45) is 1.81. The fraction of sp³-hybridized carbons (Fsp3) is 0.700. The van der Waals surface area contributed by atoms with Gasteiger partial charge in [0.1, 0.15) is 11.4 Å². The molecule has 2 N–H and O–H groups in total. The molecule has 3 rings (SSSR count). The second-order valence-electron chi connectivity index (χ2n) is 8.38. The molecule has 1 atom stereocenters. The molecule has 0 spiro atoms. The number of anilines is 1. The van der Waals surface area contributed by atoms with Gasteiger partial charge in [-0.05, 0) is 40.5 Å². The summed E-state index contributed by atoms with van der Waals surface area (Å²) in [5.41, 5.74) is 6.88. The van der Waals surface area contributed by atoms with Gasteiger partial charge in [-0.2, -0.15) is 0 Å². The van der Waals surface area contributed by atoms with Crippen LogP contribution in [0, 0.1) is 13.8 Å². The van der Waals surface area contributed by atoms with Crippen LogP contribution in [0.4, 0.5) is 5.82 Å². The lowest BCUT2D eigenvalue weighted by Gasteiger charge is -2.45. The van der Waals surface area contributed by atoms with E-state index < -0.39 is 5.54 Å². The van der Waals surface area contributed by atoms with E-state index in [-0.39, 0.29) is 23.7 Å². The lowest BCUT2D eigenvalue weighted by Crippen LogP contribution is -2.64. The van der Waals surface area contributed by atoms with Crippen molar-refractivity contribution in [2.45, 2.75) is 59.0 Å². The molecule has 1 aromatic rings. The lowest BCUT2D eigenvalue weighted by molar-refractivity contribution is -0.146. The minimum absolute atomic E-state index is 0.0245. The standard InChI is InChI=1S/C20H32N6O2/c1-6-8-24-10-11-26(20(4,5)19(24)28)18(27)16-22-14(3)13(2)17(23-16)25-9-7-15(21)12-25/h15H,6-12,21H2,1-5H3/t15-/m1/s1. The summed E-state index contributed by atoms with van der Waals surface area (Å²) in [7, 11) is 0.